The second-order valence-corrected chi connectivity index (χ2v) is 12.5. The SMILES string of the molecule is CS(=O)(=O)N1CCCC(OCCCN(Cc2cccc(C(F)(F)F)c2F)CC(c2ccccc2)c2ccccc2)C1. The molecular formula is C31H36F4N2O3S. The summed E-state index contributed by atoms with van der Waals surface area (Å²) in [5.41, 5.74) is 0.811. The Bertz CT molecular complexity index is 1320. The lowest BCUT2D eigenvalue weighted by molar-refractivity contribution is -0.140. The van der Waals surface area contributed by atoms with Crippen LogP contribution in [0.5, 0.6) is 0 Å². The first kappa shape index (κ1) is 31.2. The first-order valence-corrected chi connectivity index (χ1v) is 15.6. The molecule has 0 spiro atoms. The summed E-state index contributed by atoms with van der Waals surface area (Å²) in [5, 5.41) is 0. The molecule has 1 aliphatic heterocycles. The topological polar surface area (TPSA) is 49.9 Å². The molecule has 0 saturated carbocycles. The van der Waals surface area contributed by atoms with Gasteiger partial charge in [0.2, 0.25) is 10.0 Å². The van der Waals surface area contributed by atoms with E-state index in [4.69, 9.17) is 4.74 Å². The van der Waals surface area contributed by atoms with E-state index in [1.165, 1.54) is 22.7 Å². The smallest absolute Gasteiger partial charge is 0.377 e. The molecule has 1 atom stereocenters. The fourth-order valence-corrected chi connectivity index (χ4v) is 6.21. The second-order valence-electron chi connectivity index (χ2n) is 10.5. The maximum Gasteiger partial charge on any atom is 0.419 e. The van der Waals surface area contributed by atoms with Crippen LogP contribution in [0.15, 0.2) is 78.9 Å². The van der Waals surface area contributed by atoms with Crippen molar-refractivity contribution in [2.24, 2.45) is 0 Å². The Kier molecular flexibility index (Phi) is 10.6. The Morgan fingerprint density at radius 2 is 1.61 bits per heavy atom. The molecule has 222 valence electrons. The average Bonchev–Trinajstić information content (AvgIpc) is 2.95. The molecule has 41 heavy (non-hydrogen) atoms. The van der Waals surface area contributed by atoms with E-state index in [-0.39, 0.29) is 24.1 Å². The molecule has 0 aliphatic carbocycles. The molecular weight excluding hydrogens is 556 g/mol. The Morgan fingerprint density at radius 1 is 0.976 bits per heavy atom. The number of hydrogen-bond acceptors (Lipinski definition) is 4. The van der Waals surface area contributed by atoms with Crippen molar-refractivity contribution in [1.82, 2.24) is 9.21 Å². The number of sulfonamides is 1. The molecule has 1 aliphatic rings. The fraction of sp³-hybridized carbons (Fsp3) is 0.419. The summed E-state index contributed by atoms with van der Waals surface area (Å²) < 4.78 is 86.7. The van der Waals surface area contributed by atoms with Crippen LogP contribution >= 0.6 is 0 Å². The molecule has 5 nitrogen and oxygen atoms in total. The molecule has 0 amide bonds. The second kappa shape index (κ2) is 13.9. The van der Waals surface area contributed by atoms with Crippen LogP contribution in [-0.4, -0.2) is 62.8 Å². The van der Waals surface area contributed by atoms with E-state index in [2.05, 4.69) is 0 Å². The monoisotopic (exact) mass is 592 g/mol. The average molecular weight is 593 g/mol. The van der Waals surface area contributed by atoms with Crippen LogP contribution in [0.1, 0.15) is 47.4 Å². The molecule has 0 N–H and O–H groups in total. The first-order valence-electron chi connectivity index (χ1n) is 13.8. The van der Waals surface area contributed by atoms with Crippen LogP contribution in [0.4, 0.5) is 17.6 Å². The van der Waals surface area contributed by atoms with Gasteiger partial charge in [-0.15, -0.1) is 0 Å². The van der Waals surface area contributed by atoms with Crippen molar-refractivity contribution in [2.45, 2.75) is 44.0 Å². The molecule has 3 aromatic carbocycles. The molecule has 3 aromatic rings. The molecule has 10 heteroatoms. The van der Waals surface area contributed by atoms with Crippen molar-refractivity contribution in [2.75, 3.05) is 39.0 Å². The standard InChI is InChI=1S/C31H36F4N2O3S/c1-41(38,39)37-19-9-16-27(22-37)40-20-10-18-36(21-26-15-8-17-29(30(26)32)31(33,34)35)23-28(24-11-4-2-5-12-24)25-13-6-3-7-14-25/h2-8,11-15,17,27-28H,9-10,16,18-23H2,1H3. The van der Waals surface area contributed by atoms with Crippen molar-refractivity contribution in [3.05, 3.63) is 107 Å². The first-order chi connectivity index (χ1) is 19.5. The predicted octanol–water partition coefficient (Wildman–Crippen LogP) is 6.31. The van der Waals surface area contributed by atoms with Gasteiger partial charge >= 0.3 is 6.18 Å². The maximum atomic E-state index is 15.1. The van der Waals surface area contributed by atoms with Gasteiger partial charge in [0.1, 0.15) is 5.82 Å². The molecule has 1 fully saturated rings. The van der Waals surface area contributed by atoms with Gasteiger partial charge in [-0.05, 0) is 36.5 Å². The lowest BCUT2D eigenvalue weighted by atomic mass is 9.90. The number of nitrogens with zero attached hydrogens (tertiary/aromatic N) is 2. The minimum Gasteiger partial charge on any atom is -0.377 e. The molecule has 0 aromatic heterocycles. The minimum absolute atomic E-state index is 0.00277. The van der Waals surface area contributed by atoms with Crippen LogP contribution in [0.2, 0.25) is 0 Å². The molecule has 1 unspecified atom stereocenters. The fourth-order valence-electron chi connectivity index (χ4n) is 5.31. The third-order valence-electron chi connectivity index (χ3n) is 7.40. The number of alkyl halides is 3. The van der Waals surface area contributed by atoms with Crippen LogP contribution in [-0.2, 0) is 27.5 Å². The third-order valence-corrected chi connectivity index (χ3v) is 8.67. The predicted molar refractivity (Wildman–Crippen MR) is 151 cm³/mol. The summed E-state index contributed by atoms with van der Waals surface area (Å²) >= 11 is 0. The van der Waals surface area contributed by atoms with Gasteiger partial charge in [-0.3, -0.25) is 4.90 Å². The lowest BCUT2D eigenvalue weighted by Gasteiger charge is -2.31. The Hall–Kier alpha value is -2.79. The Morgan fingerprint density at radius 3 is 2.20 bits per heavy atom. The van der Waals surface area contributed by atoms with Gasteiger partial charge in [-0.2, -0.15) is 17.5 Å². The van der Waals surface area contributed by atoms with Crippen molar-refractivity contribution in [1.29, 1.82) is 0 Å². The maximum absolute atomic E-state index is 15.1. The minimum atomic E-state index is -4.78. The van der Waals surface area contributed by atoms with Crippen molar-refractivity contribution in [3.63, 3.8) is 0 Å². The van der Waals surface area contributed by atoms with Crippen LogP contribution in [0.25, 0.3) is 0 Å². The van der Waals surface area contributed by atoms with E-state index in [9.17, 15) is 21.6 Å². The van der Waals surface area contributed by atoms with Crippen molar-refractivity contribution in [3.8, 4) is 0 Å². The van der Waals surface area contributed by atoms with E-state index >= 15 is 4.39 Å². The van der Waals surface area contributed by atoms with Gasteiger partial charge in [0.05, 0.1) is 17.9 Å². The zero-order chi connectivity index (χ0) is 29.5. The van der Waals surface area contributed by atoms with Crippen LogP contribution in [0, 0.1) is 5.82 Å². The van der Waals surface area contributed by atoms with Crippen LogP contribution < -0.4 is 0 Å². The Labute approximate surface area is 239 Å². The summed E-state index contributed by atoms with van der Waals surface area (Å²) in [7, 11) is -3.29. The quantitative estimate of drug-likeness (QED) is 0.183. The molecule has 4 rings (SSSR count). The van der Waals surface area contributed by atoms with E-state index in [1.807, 2.05) is 65.6 Å². The number of benzene rings is 3. The van der Waals surface area contributed by atoms with E-state index in [1.54, 1.807) is 0 Å². The van der Waals surface area contributed by atoms with Gasteiger partial charge in [0.15, 0.2) is 0 Å². The van der Waals surface area contributed by atoms with E-state index in [0.717, 1.165) is 23.6 Å². The van der Waals surface area contributed by atoms with Crippen molar-refractivity contribution >= 4 is 10.0 Å². The summed E-state index contributed by atoms with van der Waals surface area (Å²) in [6.45, 7) is 2.04. The number of piperidine rings is 1. The van der Waals surface area contributed by atoms with Gasteiger partial charge < -0.3 is 4.74 Å². The highest BCUT2D eigenvalue weighted by Gasteiger charge is 2.35. The largest absolute Gasteiger partial charge is 0.419 e. The zero-order valence-electron chi connectivity index (χ0n) is 23.1. The zero-order valence-corrected chi connectivity index (χ0v) is 23.9. The molecule has 0 bridgehead atoms. The lowest BCUT2D eigenvalue weighted by Crippen LogP contribution is -2.42. The highest BCUT2D eigenvalue weighted by molar-refractivity contribution is 7.88. The number of rotatable bonds is 12. The van der Waals surface area contributed by atoms with E-state index < -0.39 is 27.6 Å². The molecule has 1 saturated heterocycles. The Balaban J connectivity index is 1.51. The van der Waals surface area contributed by atoms with Crippen molar-refractivity contribution < 1.29 is 30.7 Å². The van der Waals surface area contributed by atoms with E-state index in [0.29, 0.717) is 45.6 Å². The van der Waals surface area contributed by atoms with Gasteiger partial charge in [0, 0.05) is 50.8 Å². The summed E-state index contributed by atoms with van der Waals surface area (Å²) in [5.74, 6) is -1.34. The highest BCUT2D eigenvalue weighted by Crippen LogP contribution is 2.33. The summed E-state index contributed by atoms with van der Waals surface area (Å²) in [4.78, 5) is 1.97. The molecule has 0 radical (unpaired) electrons. The van der Waals surface area contributed by atoms with Gasteiger partial charge in [-0.1, -0.05) is 72.8 Å². The molecule has 1 heterocycles. The van der Waals surface area contributed by atoms with Gasteiger partial charge in [-0.25, -0.2) is 12.8 Å². The van der Waals surface area contributed by atoms with Crippen LogP contribution in [0.3, 0.4) is 0 Å². The number of hydrogen-bond donors (Lipinski definition) is 0. The van der Waals surface area contributed by atoms with Gasteiger partial charge in [0.25, 0.3) is 0 Å². The number of halogens is 4. The third kappa shape index (κ3) is 8.85. The normalized spacial score (nSPS) is 16.9. The summed E-state index contributed by atoms with van der Waals surface area (Å²) in [6.07, 6.45) is -1.78. The number of ether oxygens (including phenoxy) is 1. The highest BCUT2D eigenvalue weighted by atomic mass is 32.2. The summed E-state index contributed by atoms with van der Waals surface area (Å²) in [6, 6.07) is 23.1.